The summed E-state index contributed by atoms with van der Waals surface area (Å²) in [5, 5.41) is 13.1. The molecule has 0 unspecified atom stereocenters. The molecular formula is C24H16ClKN2O5. The number of nitrogens with zero attached hydrogens (tertiary/aromatic N) is 2. The minimum Gasteiger partial charge on any atom is -0.543 e. The van der Waals surface area contributed by atoms with Crippen LogP contribution in [0.4, 0.5) is 0 Å². The van der Waals surface area contributed by atoms with E-state index in [2.05, 4.69) is 4.98 Å². The summed E-state index contributed by atoms with van der Waals surface area (Å²) in [6, 6.07) is 13.8. The number of hydrogen-bond acceptors (Lipinski definition) is 6. The number of aromatic carboxylic acids is 1. The maximum Gasteiger partial charge on any atom is 1.00 e. The second-order valence-corrected chi connectivity index (χ2v) is 7.79. The van der Waals surface area contributed by atoms with Crippen LogP contribution in [0.1, 0.15) is 27.2 Å². The fraction of sp³-hybridized carbons (Fsp3) is 0.125. The Morgan fingerprint density at radius 1 is 1.12 bits per heavy atom. The number of hydrogen-bond donors (Lipinski definition) is 0. The van der Waals surface area contributed by atoms with Gasteiger partial charge in [-0.1, -0.05) is 29.8 Å². The van der Waals surface area contributed by atoms with Crippen molar-refractivity contribution in [1.82, 2.24) is 9.55 Å². The molecule has 9 heteroatoms. The second-order valence-electron chi connectivity index (χ2n) is 7.38. The van der Waals surface area contributed by atoms with Gasteiger partial charge in [-0.2, -0.15) is 0 Å². The van der Waals surface area contributed by atoms with Gasteiger partial charge in [0.1, 0.15) is 0 Å². The molecule has 0 bridgehead atoms. The van der Waals surface area contributed by atoms with E-state index in [9.17, 15) is 14.7 Å². The zero-order valence-corrected chi connectivity index (χ0v) is 21.6. The number of benzene rings is 2. The van der Waals surface area contributed by atoms with Crippen LogP contribution in [0.3, 0.4) is 0 Å². The summed E-state index contributed by atoms with van der Waals surface area (Å²) >= 11 is 6.46. The van der Waals surface area contributed by atoms with Crippen LogP contribution in [0.25, 0.3) is 10.9 Å². The summed E-state index contributed by atoms with van der Waals surface area (Å²) in [4.78, 5) is 29.7. The van der Waals surface area contributed by atoms with E-state index in [1.807, 2.05) is 0 Å². The van der Waals surface area contributed by atoms with Crippen molar-refractivity contribution in [3.8, 4) is 11.5 Å². The first kappa shape index (κ1) is 23.9. The van der Waals surface area contributed by atoms with Crippen molar-refractivity contribution >= 4 is 28.5 Å². The molecule has 0 radical (unpaired) electrons. The van der Waals surface area contributed by atoms with Crippen molar-refractivity contribution in [3.63, 3.8) is 0 Å². The van der Waals surface area contributed by atoms with Crippen LogP contribution in [0.15, 0.2) is 65.7 Å². The van der Waals surface area contributed by atoms with Gasteiger partial charge in [-0.15, -0.1) is 0 Å². The van der Waals surface area contributed by atoms with Gasteiger partial charge in [-0.3, -0.25) is 9.78 Å². The van der Waals surface area contributed by atoms with E-state index in [1.165, 1.54) is 0 Å². The standard InChI is InChI=1S/C24H17ClN2O5.K/c25-18-10-21-20(31-13-32-21)9-15(18)12-27-19-6-2-1-5-16(19)23(28)17(22(27)24(29)30)8-14-4-3-7-26-11-14;/h1-7,9-11H,8,12-13H2,(H,29,30);/q;+1/p-1. The van der Waals surface area contributed by atoms with Crippen LogP contribution in [0.5, 0.6) is 11.5 Å². The number of ether oxygens (including phenoxy) is 2. The monoisotopic (exact) mass is 486 g/mol. The molecule has 2 aromatic heterocycles. The molecule has 0 spiro atoms. The van der Waals surface area contributed by atoms with Crippen LogP contribution < -0.4 is 71.4 Å². The summed E-state index contributed by atoms with van der Waals surface area (Å²) in [5.41, 5.74) is 1.41. The molecule has 0 amide bonds. The zero-order chi connectivity index (χ0) is 22.2. The van der Waals surface area contributed by atoms with E-state index in [1.54, 1.807) is 65.5 Å². The molecule has 5 rings (SSSR count). The van der Waals surface area contributed by atoms with Gasteiger partial charge < -0.3 is 23.9 Å². The summed E-state index contributed by atoms with van der Waals surface area (Å²) in [5.74, 6) is -0.384. The number of carboxylic acid groups (broad SMARTS) is 1. The number of carbonyl (C=O) groups excluding carboxylic acids is 1. The predicted molar refractivity (Wildman–Crippen MR) is 116 cm³/mol. The minimum absolute atomic E-state index is 0. The van der Waals surface area contributed by atoms with Crippen molar-refractivity contribution in [2.45, 2.75) is 13.0 Å². The molecule has 7 nitrogen and oxygen atoms in total. The van der Waals surface area contributed by atoms with E-state index in [-0.39, 0.29) is 87.8 Å². The first-order valence-corrected chi connectivity index (χ1v) is 10.2. The topological polar surface area (TPSA) is 93.5 Å². The Bertz CT molecular complexity index is 1420. The second kappa shape index (κ2) is 9.96. The van der Waals surface area contributed by atoms with Crippen LogP contribution in [-0.4, -0.2) is 22.3 Å². The molecule has 33 heavy (non-hydrogen) atoms. The number of pyridine rings is 2. The normalized spacial score (nSPS) is 11.9. The number of rotatable bonds is 5. The summed E-state index contributed by atoms with van der Waals surface area (Å²) in [7, 11) is 0. The Labute approximate surface area is 236 Å². The number of para-hydroxylation sites is 1. The third kappa shape index (κ3) is 4.59. The van der Waals surface area contributed by atoms with Crippen LogP contribution >= 0.6 is 11.6 Å². The van der Waals surface area contributed by atoms with Crippen molar-refractivity contribution in [3.05, 3.63) is 98.6 Å². The van der Waals surface area contributed by atoms with Crippen LogP contribution in [0, 0.1) is 0 Å². The maximum atomic E-state index is 13.3. The van der Waals surface area contributed by atoms with Gasteiger partial charge in [0.15, 0.2) is 16.9 Å². The third-order valence-corrected chi connectivity index (χ3v) is 5.79. The Kier molecular flexibility index (Phi) is 7.23. The molecule has 160 valence electrons. The smallest absolute Gasteiger partial charge is 0.543 e. The molecule has 3 heterocycles. The van der Waals surface area contributed by atoms with Crippen molar-refractivity contribution in [1.29, 1.82) is 0 Å². The SMILES string of the molecule is O=C([O-])c1c(Cc2cccnc2)c(=O)c2ccccc2n1Cc1cc2c(cc1Cl)OCO2.[K+]. The van der Waals surface area contributed by atoms with Gasteiger partial charge >= 0.3 is 51.4 Å². The van der Waals surface area contributed by atoms with Crippen LogP contribution in [-0.2, 0) is 13.0 Å². The first-order chi connectivity index (χ1) is 15.5. The fourth-order valence-electron chi connectivity index (χ4n) is 3.97. The summed E-state index contributed by atoms with van der Waals surface area (Å²) in [6.45, 7) is 0.190. The molecule has 0 fully saturated rings. The Balaban J connectivity index is 0.00000259. The average Bonchev–Trinajstić information content (AvgIpc) is 3.24. The van der Waals surface area contributed by atoms with E-state index in [4.69, 9.17) is 21.1 Å². The molecule has 0 aliphatic carbocycles. The molecular weight excluding hydrogens is 471 g/mol. The Morgan fingerprint density at radius 3 is 2.61 bits per heavy atom. The largest absolute Gasteiger partial charge is 1.00 e. The van der Waals surface area contributed by atoms with E-state index < -0.39 is 5.97 Å². The molecule has 1 aliphatic rings. The number of halogens is 1. The van der Waals surface area contributed by atoms with Gasteiger partial charge in [-0.25, -0.2) is 0 Å². The molecule has 0 N–H and O–H groups in total. The minimum atomic E-state index is -1.44. The van der Waals surface area contributed by atoms with Gasteiger partial charge in [0, 0.05) is 47.4 Å². The predicted octanol–water partition coefficient (Wildman–Crippen LogP) is -0.215. The van der Waals surface area contributed by atoms with Gasteiger partial charge in [0.25, 0.3) is 0 Å². The summed E-state index contributed by atoms with van der Waals surface area (Å²) < 4.78 is 12.4. The van der Waals surface area contributed by atoms with Crippen molar-refractivity contribution < 1.29 is 70.8 Å². The summed E-state index contributed by atoms with van der Waals surface area (Å²) in [6.07, 6.45) is 3.33. The number of carboxylic acids is 1. The number of carbonyl (C=O) groups is 1. The molecule has 2 aromatic carbocycles. The first-order valence-electron chi connectivity index (χ1n) is 9.85. The Morgan fingerprint density at radius 2 is 1.88 bits per heavy atom. The van der Waals surface area contributed by atoms with E-state index >= 15 is 0 Å². The number of fused-ring (bicyclic) bond motifs is 2. The van der Waals surface area contributed by atoms with Gasteiger partial charge in [0.2, 0.25) is 6.79 Å². The zero-order valence-electron chi connectivity index (χ0n) is 17.7. The average molecular weight is 487 g/mol. The van der Waals surface area contributed by atoms with Crippen LogP contribution in [0.2, 0.25) is 5.02 Å². The van der Waals surface area contributed by atoms with Gasteiger partial charge in [0.05, 0.1) is 17.2 Å². The molecule has 0 saturated carbocycles. The number of aromatic nitrogens is 2. The van der Waals surface area contributed by atoms with Gasteiger partial charge in [-0.05, 0) is 35.4 Å². The fourth-order valence-corrected chi connectivity index (χ4v) is 4.19. The maximum absolute atomic E-state index is 13.3. The van der Waals surface area contributed by atoms with E-state index in [0.29, 0.717) is 33.0 Å². The van der Waals surface area contributed by atoms with Crippen molar-refractivity contribution in [2.24, 2.45) is 0 Å². The third-order valence-electron chi connectivity index (χ3n) is 5.44. The molecule has 0 saturated heterocycles. The quantitative estimate of drug-likeness (QED) is 0.362. The molecule has 4 aromatic rings. The van der Waals surface area contributed by atoms with Crippen molar-refractivity contribution in [2.75, 3.05) is 6.79 Å². The molecule has 1 aliphatic heterocycles. The Hall–Kier alpha value is -2.20. The van der Waals surface area contributed by atoms with E-state index in [0.717, 1.165) is 5.56 Å². The molecule has 0 atom stereocenters.